The maximum atomic E-state index is 9.56. The van der Waals surface area contributed by atoms with Gasteiger partial charge in [-0.05, 0) is 37.5 Å². The van der Waals surface area contributed by atoms with E-state index in [1.807, 2.05) is 24.0 Å². The summed E-state index contributed by atoms with van der Waals surface area (Å²) in [4.78, 5) is 4.99. The smallest absolute Gasteiger partial charge is 0.121 e. The van der Waals surface area contributed by atoms with Crippen LogP contribution in [0.1, 0.15) is 28.8 Å². The lowest BCUT2D eigenvalue weighted by atomic mass is 10.0. The minimum absolute atomic E-state index is 0.225. The van der Waals surface area contributed by atoms with Crippen molar-refractivity contribution in [3.63, 3.8) is 0 Å². The topological polar surface area (TPSA) is 53.8 Å². The van der Waals surface area contributed by atoms with Crippen molar-refractivity contribution in [1.29, 1.82) is 0 Å². The van der Waals surface area contributed by atoms with Gasteiger partial charge in [0.25, 0.3) is 0 Å². The van der Waals surface area contributed by atoms with Gasteiger partial charge in [-0.25, -0.2) is 0 Å². The molecular weight excluding hydrogens is 340 g/mol. The first-order valence-corrected chi connectivity index (χ1v) is 9.70. The summed E-state index contributed by atoms with van der Waals surface area (Å²) in [5.41, 5.74) is 4.98. The molecule has 2 aromatic rings. The van der Waals surface area contributed by atoms with Crippen molar-refractivity contribution in [3.8, 4) is 5.75 Å². The second kappa shape index (κ2) is 8.87. The van der Waals surface area contributed by atoms with Gasteiger partial charge < -0.3 is 9.84 Å². The number of aliphatic hydroxyl groups is 1. The maximum absolute atomic E-state index is 9.56. The Balaban J connectivity index is 1.65. The van der Waals surface area contributed by atoms with Crippen molar-refractivity contribution in [2.75, 3.05) is 33.4 Å². The zero-order valence-electron chi connectivity index (χ0n) is 17.0. The molecule has 1 fully saturated rings. The van der Waals surface area contributed by atoms with Gasteiger partial charge in [0.1, 0.15) is 5.75 Å². The van der Waals surface area contributed by atoms with Gasteiger partial charge in [-0.3, -0.25) is 14.5 Å². The van der Waals surface area contributed by atoms with Gasteiger partial charge in [0.2, 0.25) is 0 Å². The highest BCUT2D eigenvalue weighted by Gasteiger charge is 2.27. The number of piperazine rings is 1. The van der Waals surface area contributed by atoms with Crippen LogP contribution in [0.2, 0.25) is 0 Å². The average molecular weight is 373 g/mol. The maximum Gasteiger partial charge on any atom is 0.121 e. The minimum Gasteiger partial charge on any atom is -0.496 e. The van der Waals surface area contributed by atoms with Crippen LogP contribution in [0.15, 0.2) is 24.4 Å². The molecule has 3 rings (SSSR count). The molecule has 148 valence electrons. The van der Waals surface area contributed by atoms with Crippen molar-refractivity contribution >= 4 is 0 Å². The summed E-state index contributed by atoms with van der Waals surface area (Å²) in [5.74, 6) is 0.933. The number of nitrogens with zero attached hydrogens (tertiary/aromatic N) is 4. The van der Waals surface area contributed by atoms with E-state index in [-0.39, 0.29) is 6.61 Å². The number of aliphatic hydroxyl groups excluding tert-OH is 1. The van der Waals surface area contributed by atoms with Crippen LogP contribution in [-0.2, 0) is 20.1 Å². The molecule has 6 nitrogen and oxygen atoms in total. The van der Waals surface area contributed by atoms with Crippen LogP contribution in [0.5, 0.6) is 5.75 Å². The third-order valence-electron chi connectivity index (χ3n) is 5.73. The molecule has 1 aromatic carbocycles. The number of aryl methyl sites for hydroxylation is 2. The number of aromatic nitrogens is 2. The zero-order chi connectivity index (χ0) is 19.4. The highest BCUT2D eigenvalue weighted by Crippen LogP contribution is 2.23. The fourth-order valence-corrected chi connectivity index (χ4v) is 3.95. The van der Waals surface area contributed by atoms with E-state index >= 15 is 0 Å². The molecule has 0 amide bonds. The van der Waals surface area contributed by atoms with Gasteiger partial charge >= 0.3 is 0 Å². The lowest BCUT2D eigenvalue weighted by Gasteiger charge is -2.41. The van der Waals surface area contributed by atoms with Gasteiger partial charge in [-0.1, -0.05) is 12.1 Å². The van der Waals surface area contributed by atoms with E-state index in [2.05, 4.69) is 40.9 Å². The standard InChI is InChI=1S/C21H32N4O2/c1-16-11-18(5-6-21(16)27-4)13-25-9-8-24(15-20(25)7-10-26)14-19-12-22-23(3)17(19)2/h5-6,11-12,20,26H,7-10,13-15H2,1-4H3/t20-/m0/s1. The van der Waals surface area contributed by atoms with Gasteiger partial charge in [-0.2, -0.15) is 5.10 Å². The highest BCUT2D eigenvalue weighted by molar-refractivity contribution is 5.36. The first-order chi connectivity index (χ1) is 13.0. The quantitative estimate of drug-likeness (QED) is 0.807. The molecule has 1 saturated heterocycles. The Labute approximate surface area is 162 Å². The van der Waals surface area contributed by atoms with Crippen molar-refractivity contribution in [2.45, 2.75) is 39.4 Å². The molecule has 0 bridgehead atoms. The SMILES string of the molecule is COc1ccc(CN2CCN(Cc3cnn(C)c3C)C[C@@H]2CCO)cc1C. The number of ether oxygens (including phenoxy) is 1. The molecule has 1 aliphatic heterocycles. The highest BCUT2D eigenvalue weighted by atomic mass is 16.5. The molecule has 27 heavy (non-hydrogen) atoms. The Bertz CT molecular complexity index is 759. The first kappa shape index (κ1) is 19.9. The Hall–Kier alpha value is -1.89. The molecule has 1 N–H and O–H groups in total. The third-order valence-corrected chi connectivity index (χ3v) is 5.73. The van der Waals surface area contributed by atoms with Crippen LogP contribution in [0.4, 0.5) is 0 Å². The van der Waals surface area contributed by atoms with Gasteiger partial charge in [0.05, 0.1) is 13.3 Å². The third kappa shape index (κ3) is 4.69. The summed E-state index contributed by atoms with van der Waals surface area (Å²) in [5, 5.41) is 13.9. The lowest BCUT2D eigenvalue weighted by Crippen LogP contribution is -2.52. The van der Waals surface area contributed by atoms with E-state index in [1.165, 1.54) is 22.4 Å². The van der Waals surface area contributed by atoms with Gasteiger partial charge in [0, 0.05) is 63.7 Å². The molecule has 1 atom stereocenters. The lowest BCUT2D eigenvalue weighted by molar-refractivity contribution is 0.0498. The average Bonchev–Trinajstić information content (AvgIpc) is 2.96. The summed E-state index contributed by atoms with van der Waals surface area (Å²) in [6.07, 6.45) is 2.78. The second-order valence-corrected chi connectivity index (χ2v) is 7.55. The molecule has 0 aliphatic carbocycles. The van der Waals surface area contributed by atoms with E-state index in [1.54, 1.807) is 7.11 Å². The predicted octanol–water partition coefficient (Wildman–Crippen LogP) is 2.11. The van der Waals surface area contributed by atoms with E-state index in [4.69, 9.17) is 4.74 Å². The first-order valence-electron chi connectivity index (χ1n) is 9.70. The summed E-state index contributed by atoms with van der Waals surface area (Å²) < 4.78 is 7.30. The molecule has 0 radical (unpaired) electrons. The molecule has 6 heteroatoms. The summed E-state index contributed by atoms with van der Waals surface area (Å²) >= 11 is 0. The summed E-state index contributed by atoms with van der Waals surface area (Å²) in [6.45, 7) is 9.29. The number of hydrogen-bond donors (Lipinski definition) is 1. The van der Waals surface area contributed by atoms with E-state index in [0.29, 0.717) is 6.04 Å². The molecule has 0 unspecified atom stereocenters. The number of methoxy groups -OCH3 is 1. The fraction of sp³-hybridized carbons (Fsp3) is 0.571. The van der Waals surface area contributed by atoms with Crippen molar-refractivity contribution < 1.29 is 9.84 Å². The largest absolute Gasteiger partial charge is 0.496 e. The molecule has 1 aliphatic rings. The van der Waals surface area contributed by atoms with Crippen molar-refractivity contribution in [1.82, 2.24) is 19.6 Å². The van der Waals surface area contributed by atoms with Crippen LogP contribution in [0.3, 0.4) is 0 Å². The number of benzene rings is 1. The second-order valence-electron chi connectivity index (χ2n) is 7.55. The van der Waals surface area contributed by atoms with E-state index < -0.39 is 0 Å². The van der Waals surface area contributed by atoms with Crippen LogP contribution in [0.25, 0.3) is 0 Å². The molecule has 0 saturated carbocycles. The number of hydrogen-bond acceptors (Lipinski definition) is 5. The van der Waals surface area contributed by atoms with E-state index in [0.717, 1.165) is 44.9 Å². The Kier molecular flexibility index (Phi) is 6.52. The monoisotopic (exact) mass is 372 g/mol. The molecule has 1 aromatic heterocycles. The van der Waals surface area contributed by atoms with Gasteiger partial charge in [0.15, 0.2) is 0 Å². The van der Waals surface area contributed by atoms with Crippen LogP contribution in [0, 0.1) is 13.8 Å². The van der Waals surface area contributed by atoms with Crippen molar-refractivity contribution in [3.05, 3.63) is 46.8 Å². The Morgan fingerprint density at radius 3 is 2.67 bits per heavy atom. The fourth-order valence-electron chi connectivity index (χ4n) is 3.95. The van der Waals surface area contributed by atoms with E-state index in [9.17, 15) is 5.11 Å². The summed E-state index contributed by atoms with van der Waals surface area (Å²) in [6, 6.07) is 6.77. The minimum atomic E-state index is 0.225. The van der Waals surface area contributed by atoms with Gasteiger partial charge in [-0.15, -0.1) is 0 Å². The normalized spacial score (nSPS) is 18.8. The van der Waals surface area contributed by atoms with Crippen LogP contribution in [-0.4, -0.2) is 64.1 Å². The van der Waals surface area contributed by atoms with Crippen molar-refractivity contribution in [2.24, 2.45) is 7.05 Å². The zero-order valence-corrected chi connectivity index (χ0v) is 17.0. The Morgan fingerprint density at radius 1 is 1.22 bits per heavy atom. The predicted molar refractivity (Wildman–Crippen MR) is 107 cm³/mol. The molecular formula is C21H32N4O2. The van der Waals surface area contributed by atoms with Crippen LogP contribution >= 0.6 is 0 Å². The molecule has 2 heterocycles. The van der Waals surface area contributed by atoms with Crippen LogP contribution < -0.4 is 4.74 Å². The molecule has 0 spiro atoms. The summed E-state index contributed by atoms with van der Waals surface area (Å²) in [7, 11) is 3.70. The number of rotatable bonds is 7. The Morgan fingerprint density at radius 2 is 2.04 bits per heavy atom.